The first kappa shape index (κ1) is 18.7. The molecule has 0 spiro atoms. The molecule has 1 amide bonds. The quantitative estimate of drug-likeness (QED) is 0.702. The molecule has 25 heavy (non-hydrogen) atoms. The van der Waals surface area contributed by atoms with Crippen LogP contribution < -0.4 is 15.2 Å². The van der Waals surface area contributed by atoms with Gasteiger partial charge in [-0.3, -0.25) is 4.79 Å². The second kappa shape index (κ2) is 8.46. The Bertz CT molecular complexity index is 828. The molecule has 2 rings (SSSR count). The van der Waals surface area contributed by atoms with Gasteiger partial charge in [-0.2, -0.15) is 0 Å². The molecule has 0 unspecified atom stereocenters. The molecule has 0 radical (unpaired) electrons. The molecule has 0 aliphatic rings. The van der Waals surface area contributed by atoms with Gasteiger partial charge in [0, 0.05) is 12.1 Å². The van der Waals surface area contributed by atoms with Crippen LogP contribution in [0.5, 0.6) is 5.75 Å². The van der Waals surface area contributed by atoms with Crippen molar-refractivity contribution in [3.8, 4) is 5.75 Å². The fraction of sp³-hybridized carbons (Fsp3) is 0.167. The highest BCUT2D eigenvalue weighted by Crippen LogP contribution is 2.12. The number of hydrogen-bond acceptors (Lipinski definition) is 4. The zero-order valence-electron chi connectivity index (χ0n) is 13.6. The first-order valence-corrected chi connectivity index (χ1v) is 9.18. The molecule has 0 saturated heterocycles. The van der Waals surface area contributed by atoms with E-state index in [4.69, 9.17) is 9.88 Å². The van der Waals surface area contributed by atoms with E-state index in [9.17, 15) is 13.2 Å². The summed E-state index contributed by atoms with van der Waals surface area (Å²) < 4.78 is 27.7. The maximum absolute atomic E-state index is 12.1. The third-order valence-electron chi connectivity index (χ3n) is 3.44. The number of sulfonamides is 1. The minimum absolute atomic E-state index is 0.0686. The third-order valence-corrected chi connectivity index (χ3v) is 4.36. The van der Waals surface area contributed by atoms with Crippen molar-refractivity contribution in [1.29, 1.82) is 0 Å². The van der Waals surface area contributed by atoms with E-state index in [0.717, 1.165) is 5.56 Å². The normalized spacial score (nSPS) is 10.9. The average Bonchev–Trinajstić information content (AvgIpc) is 2.60. The molecule has 0 fully saturated rings. The molecular formula is C18H20N2O4S. The van der Waals surface area contributed by atoms with Crippen molar-refractivity contribution in [2.24, 2.45) is 5.14 Å². The highest BCUT2D eigenvalue weighted by molar-refractivity contribution is 7.89. The monoisotopic (exact) mass is 360 g/mol. The summed E-state index contributed by atoms with van der Waals surface area (Å²) in [4.78, 5) is 12.2. The molecule has 0 aliphatic heterocycles. The van der Waals surface area contributed by atoms with Crippen LogP contribution in [0.3, 0.4) is 0 Å². The SMILES string of the molecule is C=CCOc1ccc(C(=O)NCCc2ccc(S(N)(=O)=O)cc2)cc1. The van der Waals surface area contributed by atoms with Crippen molar-refractivity contribution in [3.05, 3.63) is 72.3 Å². The summed E-state index contributed by atoms with van der Waals surface area (Å²) in [7, 11) is -3.68. The van der Waals surface area contributed by atoms with Gasteiger partial charge < -0.3 is 10.1 Å². The molecule has 0 bridgehead atoms. The number of amides is 1. The predicted molar refractivity (Wildman–Crippen MR) is 96.0 cm³/mol. The number of ether oxygens (including phenoxy) is 1. The first-order chi connectivity index (χ1) is 11.9. The van der Waals surface area contributed by atoms with Crippen LogP contribution in [0.1, 0.15) is 15.9 Å². The number of carbonyl (C=O) groups is 1. The fourth-order valence-corrected chi connectivity index (χ4v) is 2.64. The van der Waals surface area contributed by atoms with Crippen LogP contribution in [0.15, 0.2) is 66.1 Å². The van der Waals surface area contributed by atoms with Crippen LogP contribution in [0.2, 0.25) is 0 Å². The van der Waals surface area contributed by atoms with Gasteiger partial charge in [-0.25, -0.2) is 13.6 Å². The minimum Gasteiger partial charge on any atom is -0.490 e. The minimum atomic E-state index is -3.68. The van der Waals surface area contributed by atoms with E-state index in [2.05, 4.69) is 11.9 Å². The molecule has 0 aromatic heterocycles. The molecule has 3 N–H and O–H groups in total. The van der Waals surface area contributed by atoms with Crippen LogP contribution in [0, 0.1) is 0 Å². The van der Waals surface area contributed by atoms with E-state index < -0.39 is 10.0 Å². The Morgan fingerprint density at radius 1 is 1.12 bits per heavy atom. The fourth-order valence-electron chi connectivity index (χ4n) is 2.13. The average molecular weight is 360 g/mol. The number of nitrogens with two attached hydrogens (primary N) is 1. The van der Waals surface area contributed by atoms with E-state index in [1.807, 2.05) is 0 Å². The van der Waals surface area contributed by atoms with E-state index in [-0.39, 0.29) is 10.8 Å². The molecule has 0 aliphatic carbocycles. The maximum atomic E-state index is 12.1. The summed E-state index contributed by atoms with van der Waals surface area (Å²) in [5.41, 5.74) is 1.44. The lowest BCUT2D eigenvalue weighted by Gasteiger charge is -2.07. The van der Waals surface area contributed by atoms with Gasteiger partial charge in [0.15, 0.2) is 0 Å². The summed E-state index contributed by atoms with van der Waals surface area (Å²) in [6.07, 6.45) is 2.23. The van der Waals surface area contributed by atoms with Gasteiger partial charge in [-0.05, 0) is 48.4 Å². The summed E-state index contributed by atoms with van der Waals surface area (Å²) >= 11 is 0. The second-order valence-electron chi connectivity index (χ2n) is 5.32. The van der Waals surface area contributed by atoms with Crippen LogP contribution in [0.4, 0.5) is 0 Å². The zero-order chi connectivity index (χ0) is 18.3. The van der Waals surface area contributed by atoms with E-state index in [1.165, 1.54) is 12.1 Å². The van der Waals surface area contributed by atoms with Crippen LogP contribution >= 0.6 is 0 Å². The molecule has 0 saturated carbocycles. The number of primary sulfonamides is 1. The first-order valence-electron chi connectivity index (χ1n) is 7.64. The predicted octanol–water partition coefficient (Wildman–Crippen LogP) is 1.87. The van der Waals surface area contributed by atoms with E-state index >= 15 is 0 Å². The van der Waals surface area contributed by atoms with Gasteiger partial charge in [0.2, 0.25) is 10.0 Å². The van der Waals surface area contributed by atoms with Crippen molar-refractivity contribution in [2.75, 3.05) is 13.2 Å². The Morgan fingerprint density at radius 3 is 2.32 bits per heavy atom. The largest absolute Gasteiger partial charge is 0.490 e. The molecule has 6 nitrogen and oxygen atoms in total. The van der Waals surface area contributed by atoms with Crippen molar-refractivity contribution < 1.29 is 17.9 Å². The van der Waals surface area contributed by atoms with Crippen molar-refractivity contribution in [2.45, 2.75) is 11.3 Å². The van der Waals surface area contributed by atoms with Crippen molar-refractivity contribution in [1.82, 2.24) is 5.32 Å². The Morgan fingerprint density at radius 2 is 1.76 bits per heavy atom. The highest BCUT2D eigenvalue weighted by atomic mass is 32.2. The molecule has 2 aromatic carbocycles. The van der Waals surface area contributed by atoms with E-state index in [0.29, 0.717) is 30.9 Å². The summed E-state index contributed by atoms with van der Waals surface area (Å²) in [6.45, 7) is 4.42. The Balaban J connectivity index is 1.84. The van der Waals surface area contributed by atoms with Crippen molar-refractivity contribution in [3.63, 3.8) is 0 Å². The molecule has 7 heteroatoms. The molecule has 2 aromatic rings. The van der Waals surface area contributed by atoms with Gasteiger partial charge in [-0.15, -0.1) is 0 Å². The second-order valence-corrected chi connectivity index (χ2v) is 6.88. The Kier molecular flexibility index (Phi) is 6.32. The van der Waals surface area contributed by atoms with Gasteiger partial charge >= 0.3 is 0 Å². The van der Waals surface area contributed by atoms with Gasteiger partial charge in [0.25, 0.3) is 5.91 Å². The lowest BCUT2D eigenvalue weighted by molar-refractivity contribution is 0.0954. The van der Waals surface area contributed by atoms with Crippen LogP contribution in [-0.4, -0.2) is 27.5 Å². The van der Waals surface area contributed by atoms with Gasteiger partial charge in [-0.1, -0.05) is 24.8 Å². The summed E-state index contributed by atoms with van der Waals surface area (Å²) in [5, 5.41) is 7.87. The third kappa shape index (κ3) is 5.74. The zero-order valence-corrected chi connectivity index (χ0v) is 14.5. The molecule has 0 heterocycles. The lowest BCUT2D eigenvalue weighted by atomic mass is 10.1. The van der Waals surface area contributed by atoms with Crippen LogP contribution in [-0.2, 0) is 16.4 Å². The number of rotatable bonds is 8. The maximum Gasteiger partial charge on any atom is 0.251 e. The smallest absolute Gasteiger partial charge is 0.251 e. The standard InChI is InChI=1S/C18H20N2O4S/c1-2-13-24-16-7-5-15(6-8-16)18(21)20-12-11-14-3-9-17(10-4-14)25(19,22)23/h2-10H,1,11-13H2,(H,20,21)(H2,19,22,23). The molecule has 132 valence electrons. The highest BCUT2D eigenvalue weighted by Gasteiger charge is 2.08. The number of nitrogens with one attached hydrogen (secondary N) is 1. The topological polar surface area (TPSA) is 98.5 Å². The van der Waals surface area contributed by atoms with Crippen LogP contribution in [0.25, 0.3) is 0 Å². The molecular weight excluding hydrogens is 340 g/mol. The van der Waals surface area contributed by atoms with Gasteiger partial charge in [0.1, 0.15) is 12.4 Å². The Labute approximate surface area is 147 Å². The summed E-state index contributed by atoms with van der Waals surface area (Å²) in [6, 6.07) is 13.1. The molecule has 0 atom stereocenters. The van der Waals surface area contributed by atoms with Gasteiger partial charge in [0.05, 0.1) is 4.90 Å². The Hall–Kier alpha value is -2.64. The number of benzene rings is 2. The van der Waals surface area contributed by atoms with Crippen molar-refractivity contribution >= 4 is 15.9 Å². The number of carbonyl (C=O) groups excluding carboxylic acids is 1. The number of hydrogen-bond donors (Lipinski definition) is 2. The summed E-state index contributed by atoms with van der Waals surface area (Å²) in [5.74, 6) is 0.489. The lowest BCUT2D eigenvalue weighted by Crippen LogP contribution is -2.25. The van der Waals surface area contributed by atoms with E-state index in [1.54, 1.807) is 42.5 Å².